The summed E-state index contributed by atoms with van der Waals surface area (Å²) in [5.74, 6) is 0.716. The molecule has 6 nitrogen and oxygen atoms in total. The Kier molecular flexibility index (Phi) is 5.37. The lowest BCUT2D eigenvalue weighted by Crippen LogP contribution is -2.48. The van der Waals surface area contributed by atoms with Gasteiger partial charge in [-0.05, 0) is 35.8 Å². The van der Waals surface area contributed by atoms with E-state index in [2.05, 4.69) is 15.9 Å². The van der Waals surface area contributed by atoms with E-state index < -0.39 is 10.0 Å². The zero-order valence-electron chi connectivity index (χ0n) is 13.0. The first-order valence-corrected chi connectivity index (χ1v) is 9.10. The number of rotatable bonds is 4. The number of ether oxygens (including phenoxy) is 3. The monoisotopic (exact) mass is 393 g/mol. The first-order valence-electron chi connectivity index (χ1n) is 6.86. The van der Waals surface area contributed by atoms with E-state index in [9.17, 15) is 8.42 Å². The number of hydrogen-bond donors (Lipinski definition) is 0. The summed E-state index contributed by atoms with van der Waals surface area (Å²) < 4.78 is 44.0. The van der Waals surface area contributed by atoms with E-state index in [1.54, 1.807) is 6.07 Å². The molecule has 1 heterocycles. The number of sulfonamides is 1. The maximum atomic E-state index is 13.0. The molecule has 1 aromatic rings. The van der Waals surface area contributed by atoms with Crippen LogP contribution in [0.2, 0.25) is 0 Å². The van der Waals surface area contributed by atoms with Gasteiger partial charge in [0.1, 0.15) is 16.4 Å². The zero-order valence-corrected chi connectivity index (χ0v) is 15.4. The van der Waals surface area contributed by atoms with Gasteiger partial charge in [0.2, 0.25) is 10.0 Å². The van der Waals surface area contributed by atoms with Crippen molar-refractivity contribution in [3.63, 3.8) is 0 Å². The standard InChI is InChI=1S/C14H20BrNO5S/c1-9-7-16(8-10(2)21-9)22(17,18)14-6-12(19-3)11(15)5-13(14)20-4/h5-6,9-10H,7-8H2,1-4H3/t9-,10-/m1/s1. The number of nitrogens with zero attached hydrogens (tertiary/aromatic N) is 1. The second-order valence-corrected chi connectivity index (χ2v) is 7.98. The topological polar surface area (TPSA) is 65.1 Å². The highest BCUT2D eigenvalue weighted by atomic mass is 79.9. The molecule has 2 rings (SSSR count). The van der Waals surface area contributed by atoms with E-state index in [4.69, 9.17) is 14.2 Å². The maximum Gasteiger partial charge on any atom is 0.247 e. The first-order chi connectivity index (χ1) is 10.3. The third-order valence-electron chi connectivity index (χ3n) is 3.44. The van der Waals surface area contributed by atoms with Crippen molar-refractivity contribution in [2.45, 2.75) is 31.0 Å². The van der Waals surface area contributed by atoms with Crippen molar-refractivity contribution in [3.05, 3.63) is 16.6 Å². The molecule has 1 aromatic carbocycles. The molecular formula is C14H20BrNO5S. The summed E-state index contributed by atoms with van der Waals surface area (Å²) in [6, 6.07) is 3.07. The van der Waals surface area contributed by atoms with Crippen LogP contribution in [0.25, 0.3) is 0 Å². The molecule has 124 valence electrons. The second kappa shape index (κ2) is 6.74. The van der Waals surface area contributed by atoms with Crippen LogP contribution >= 0.6 is 15.9 Å². The molecule has 0 aliphatic carbocycles. The van der Waals surface area contributed by atoms with Crippen molar-refractivity contribution in [2.75, 3.05) is 27.3 Å². The van der Waals surface area contributed by atoms with E-state index in [0.29, 0.717) is 23.3 Å². The highest BCUT2D eigenvalue weighted by molar-refractivity contribution is 9.10. The molecule has 0 aromatic heterocycles. The number of morpholine rings is 1. The molecule has 22 heavy (non-hydrogen) atoms. The molecule has 2 atom stereocenters. The van der Waals surface area contributed by atoms with Gasteiger partial charge in [0.15, 0.2) is 0 Å². The van der Waals surface area contributed by atoms with Crippen LogP contribution < -0.4 is 9.47 Å². The third-order valence-corrected chi connectivity index (χ3v) is 5.91. The van der Waals surface area contributed by atoms with E-state index in [0.717, 1.165) is 0 Å². The van der Waals surface area contributed by atoms with E-state index in [1.807, 2.05) is 13.8 Å². The summed E-state index contributed by atoms with van der Waals surface area (Å²) >= 11 is 3.33. The smallest absolute Gasteiger partial charge is 0.247 e. The van der Waals surface area contributed by atoms with Gasteiger partial charge in [0.05, 0.1) is 30.9 Å². The fraction of sp³-hybridized carbons (Fsp3) is 0.571. The summed E-state index contributed by atoms with van der Waals surface area (Å²) in [5.41, 5.74) is 0. The number of halogens is 1. The number of benzene rings is 1. The summed E-state index contributed by atoms with van der Waals surface area (Å²) in [7, 11) is -0.762. The Balaban J connectivity index is 2.48. The normalized spacial score (nSPS) is 23.3. The highest BCUT2D eigenvalue weighted by Gasteiger charge is 2.34. The van der Waals surface area contributed by atoms with Crippen LogP contribution in [-0.4, -0.2) is 52.2 Å². The number of methoxy groups -OCH3 is 2. The van der Waals surface area contributed by atoms with Crippen molar-refractivity contribution in [1.82, 2.24) is 4.31 Å². The molecule has 0 unspecified atom stereocenters. The van der Waals surface area contributed by atoms with Crippen LogP contribution in [0.3, 0.4) is 0 Å². The summed E-state index contributed by atoms with van der Waals surface area (Å²) in [4.78, 5) is 0.0938. The largest absolute Gasteiger partial charge is 0.496 e. The van der Waals surface area contributed by atoms with Crippen molar-refractivity contribution in [2.24, 2.45) is 0 Å². The Morgan fingerprint density at radius 1 is 1.14 bits per heavy atom. The van der Waals surface area contributed by atoms with Gasteiger partial charge >= 0.3 is 0 Å². The third kappa shape index (κ3) is 3.40. The van der Waals surface area contributed by atoms with Crippen molar-refractivity contribution in [3.8, 4) is 11.5 Å². The first kappa shape index (κ1) is 17.5. The summed E-state index contributed by atoms with van der Waals surface area (Å²) in [5, 5.41) is 0. The van der Waals surface area contributed by atoms with Crippen LogP contribution in [0.4, 0.5) is 0 Å². The quantitative estimate of drug-likeness (QED) is 0.784. The van der Waals surface area contributed by atoms with Gasteiger partial charge < -0.3 is 14.2 Å². The van der Waals surface area contributed by atoms with Crippen LogP contribution in [0.15, 0.2) is 21.5 Å². The van der Waals surface area contributed by atoms with Gasteiger partial charge in [0.25, 0.3) is 0 Å². The Hall–Kier alpha value is -0.830. The molecule has 1 aliphatic rings. The molecule has 8 heteroatoms. The van der Waals surface area contributed by atoms with Crippen LogP contribution in [0.5, 0.6) is 11.5 Å². The Morgan fingerprint density at radius 2 is 1.68 bits per heavy atom. The van der Waals surface area contributed by atoms with Gasteiger partial charge in [0, 0.05) is 19.2 Å². The Labute approximate surface area is 139 Å². The second-order valence-electron chi connectivity index (χ2n) is 5.22. The van der Waals surface area contributed by atoms with E-state index in [1.165, 1.54) is 24.6 Å². The molecule has 1 aliphatic heterocycles. The van der Waals surface area contributed by atoms with Gasteiger partial charge in [-0.1, -0.05) is 0 Å². The van der Waals surface area contributed by atoms with Gasteiger partial charge in [-0.3, -0.25) is 0 Å². The van der Waals surface area contributed by atoms with Crippen molar-refractivity contribution >= 4 is 26.0 Å². The molecule has 0 radical (unpaired) electrons. The van der Waals surface area contributed by atoms with Gasteiger partial charge in [-0.15, -0.1) is 0 Å². The molecule has 0 bridgehead atoms. The van der Waals surface area contributed by atoms with Crippen molar-refractivity contribution < 1.29 is 22.6 Å². The van der Waals surface area contributed by atoms with Crippen molar-refractivity contribution in [1.29, 1.82) is 0 Å². The van der Waals surface area contributed by atoms with E-state index >= 15 is 0 Å². The molecule has 0 amide bonds. The van der Waals surface area contributed by atoms with Gasteiger partial charge in [-0.2, -0.15) is 4.31 Å². The maximum absolute atomic E-state index is 13.0. The molecule has 0 spiro atoms. The van der Waals surface area contributed by atoms with E-state index in [-0.39, 0.29) is 22.9 Å². The fourth-order valence-electron chi connectivity index (χ4n) is 2.50. The summed E-state index contributed by atoms with van der Waals surface area (Å²) in [6.07, 6.45) is -0.302. The SMILES string of the molecule is COc1cc(S(=O)(=O)N2C[C@@H](C)O[C@H](C)C2)c(OC)cc1Br. The Morgan fingerprint density at radius 3 is 2.18 bits per heavy atom. The molecule has 1 saturated heterocycles. The predicted octanol–water partition coefficient (Wildman–Crippen LogP) is 2.26. The highest BCUT2D eigenvalue weighted by Crippen LogP contribution is 2.37. The minimum Gasteiger partial charge on any atom is -0.496 e. The van der Waals surface area contributed by atoms with Crippen LogP contribution in [-0.2, 0) is 14.8 Å². The molecule has 0 N–H and O–H groups in total. The van der Waals surface area contributed by atoms with Gasteiger partial charge in [-0.25, -0.2) is 8.42 Å². The lowest BCUT2D eigenvalue weighted by molar-refractivity contribution is -0.0441. The lowest BCUT2D eigenvalue weighted by Gasteiger charge is -2.34. The molecular weight excluding hydrogens is 374 g/mol. The minimum atomic E-state index is -3.69. The zero-order chi connectivity index (χ0) is 16.5. The molecule has 0 saturated carbocycles. The Bertz CT molecular complexity index is 639. The molecule has 1 fully saturated rings. The fourth-order valence-corrected chi connectivity index (χ4v) is 4.73. The average Bonchev–Trinajstić information content (AvgIpc) is 2.45. The number of hydrogen-bond acceptors (Lipinski definition) is 5. The van der Waals surface area contributed by atoms with Crippen LogP contribution in [0.1, 0.15) is 13.8 Å². The predicted molar refractivity (Wildman–Crippen MR) is 86.0 cm³/mol. The minimum absolute atomic E-state index is 0.0938. The van der Waals surface area contributed by atoms with Crippen LogP contribution in [0, 0.1) is 0 Å². The summed E-state index contributed by atoms with van der Waals surface area (Å²) in [6.45, 7) is 4.34. The average molecular weight is 394 g/mol. The lowest BCUT2D eigenvalue weighted by atomic mass is 10.3.